The molecule has 0 saturated carbocycles. The summed E-state index contributed by atoms with van der Waals surface area (Å²) in [6, 6.07) is 17.2. The number of nitrogens with one attached hydrogen (secondary N) is 2. The summed E-state index contributed by atoms with van der Waals surface area (Å²) < 4.78 is 9.15. The summed E-state index contributed by atoms with van der Waals surface area (Å²) >= 11 is 3.45. The molecule has 36 heavy (non-hydrogen) atoms. The maximum Gasteiger partial charge on any atom is 0.329 e. The number of para-hydroxylation sites is 1. The third-order valence-electron chi connectivity index (χ3n) is 5.38. The predicted octanol–water partition coefficient (Wildman–Crippen LogP) is 3.01. The highest BCUT2D eigenvalue weighted by molar-refractivity contribution is 9.12. The Bertz CT molecular complexity index is 1540. The number of halogens is 1. The first-order valence-corrected chi connectivity index (χ1v) is 11.9. The number of H-pyrrole nitrogens is 1. The van der Waals surface area contributed by atoms with E-state index in [2.05, 4.69) is 36.4 Å². The van der Waals surface area contributed by atoms with Crippen LogP contribution in [0.15, 0.2) is 73.8 Å². The second-order valence-electron chi connectivity index (χ2n) is 8.08. The number of aliphatic hydroxyl groups is 1. The zero-order chi connectivity index (χ0) is 25.7. The van der Waals surface area contributed by atoms with Gasteiger partial charge in [-0.25, -0.2) is 10.2 Å². The van der Waals surface area contributed by atoms with E-state index < -0.39 is 17.4 Å². The summed E-state index contributed by atoms with van der Waals surface area (Å²) in [6.07, 6.45) is 2.44. The fraction of sp³-hybridized carbons (Fsp3) is 0.200. The van der Waals surface area contributed by atoms with E-state index in [1.165, 1.54) is 22.4 Å². The number of hydrogen-bond donors (Lipinski definition) is 3. The van der Waals surface area contributed by atoms with Crippen LogP contribution in [0.1, 0.15) is 11.1 Å². The summed E-state index contributed by atoms with van der Waals surface area (Å²) in [7, 11) is 1.50. The lowest BCUT2D eigenvalue weighted by Crippen LogP contribution is -2.30. The van der Waals surface area contributed by atoms with Crippen LogP contribution >= 0.6 is 15.9 Å². The van der Waals surface area contributed by atoms with E-state index in [1.807, 2.05) is 67.6 Å². The van der Waals surface area contributed by atoms with Crippen molar-refractivity contribution >= 4 is 45.3 Å². The average Bonchev–Trinajstić information content (AvgIpc) is 3.21. The third-order valence-corrected chi connectivity index (χ3v) is 5.82. The van der Waals surface area contributed by atoms with Crippen molar-refractivity contribution in [3.63, 3.8) is 0 Å². The Labute approximate surface area is 214 Å². The highest BCUT2D eigenvalue weighted by Crippen LogP contribution is 2.19. The van der Waals surface area contributed by atoms with Gasteiger partial charge in [0.25, 0.3) is 5.56 Å². The van der Waals surface area contributed by atoms with E-state index in [1.54, 1.807) is 0 Å². The van der Waals surface area contributed by atoms with Crippen molar-refractivity contribution in [1.29, 1.82) is 0 Å². The van der Waals surface area contributed by atoms with Crippen LogP contribution < -0.4 is 21.4 Å². The number of hydrogen-bond acceptors (Lipinski definition) is 7. The molecule has 1 atom stereocenters. The molecule has 186 valence electrons. The maximum atomic E-state index is 12.7. The molecule has 4 rings (SSSR count). The molecular weight excluding hydrogens is 528 g/mol. The SMILES string of the molecule is Cc1ccccc1OC[C@@H](O)Cn1c(N/N=C\C(Br)=C/c2ccccc2)nc2c1c(=O)[nH]c(=O)n2C. The van der Waals surface area contributed by atoms with Gasteiger partial charge in [0.05, 0.1) is 12.8 Å². The molecule has 2 aromatic carbocycles. The number of hydrazone groups is 1. The molecule has 2 aromatic heterocycles. The molecule has 11 heteroatoms. The minimum atomic E-state index is -0.979. The number of aromatic amines is 1. The highest BCUT2D eigenvalue weighted by Gasteiger charge is 2.20. The summed E-state index contributed by atoms with van der Waals surface area (Å²) in [6.45, 7) is 1.88. The monoisotopic (exact) mass is 552 g/mol. The molecule has 0 aliphatic carbocycles. The number of allylic oxidation sites excluding steroid dienone is 1. The van der Waals surface area contributed by atoms with Crippen molar-refractivity contribution in [2.75, 3.05) is 12.0 Å². The number of anilines is 1. The molecule has 10 nitrogen and oxygen atoms in total. The number of fused-ring (bicyclic) bond motifs is 1. The van der Waals surface area contributed by atoms with Gasteiger partial charge in [-0.1, -0.05) is 48.5 Å². The number of imidazole rings is 1. The van der Waals surface area contributed by atoms with Gasteiger partial charge in [0, 0.05) is 11.5 Å². The van der Waals surface area contributed by atoms with Crippen molar-refractivity contribution in [3.8, 4) is 5.75 Å². The normalized spacial score (nSPS) is 12.8. The Hall–Kier alpha value is -3.96. The zero-order valence-electron chi connectivity index (χ0n) is 19.7. The number of benzene rings is 2. The Morgan fingerprint density at radius 1 is 1.22 bits per heavy atom. The average molecular weight is 553 g/mol. The van der Waals surface area contributed by atoms with Crippen LogP contribution in [-0.4, -0.2) is 43.1 Å². The smallest absolute Gasteiger partial charge is 0.329 e. The topological polar surface area (TPSA) is 127 Å². The highest BCUT2D eigenvalue weighted by atomic mass is 79.9. The zero-order valence-corrected chi connectivity index (χ0v) is 21.3. The molecule has 3 N–H and O–H groups in total. The maximum absolute atomic E-state index is 12.7. The molecule has 4 aromatic rings. The van der Waals surface area contributed by atoms with Crippen molar-refractivity contribution < 1.29 is 9.84 Å². The summed E-state index contributed by atoms with van der Waals surface area (Å²) in [5, 5.41) is 14.9. The summed E-state index contributed by atoms with van der Waals surface area (Å²) in [5.74, 6) is 0.841. The minimum absolute atomic E-state index is 0.0116. The van der Waals surface area contributed by atoms with Gasteiger partial charge in [0.15, 0.2) is 11.2 Å². The molecule has 0 saturated heterocycles. The lowest BCUT2D eigenvalue weighted by atomic mass is 10.2. The molecule has 0 unspecified atom stereocenters. The Kier molecular flexibility index (Phi) is 7.81. The van der Waals surface area contributed by atoms with Crippen LogP contribution in [0.4, 0.5) is 5.95 Å². The van der Waals surface area contributed by atoms with Gasteiger partial charge >= 0.3 is 5.69 Å². The van der Waals surface area contributed by atoms with Gasteiger partial charge in [-0.05, 0) is 46.1 Å². The predicted molar refractivity (Wildman–Crippen MR) is 144 cm³/mol. The van der Waals surface area contributed by atoms with Crippen LogP contribution in [0.2, 0.25) is 0 Å². The van der Waals surface area contributed by atoms with E-state index in [4.69, 9.17) is 4.74 Å². The summed E-state index contributed by atoms with van der Waals surface area (Å²) in [5.41, 5.74) is 3.82. The van der Waals surface area contributed by atoms with E-state index >= 15 is 0 Å². The number of ether oxygens (including phenoxy) is 1. The fourth-order valence-corrected chi connectivity index (χ4v) is 3.93. The molecule has 0 aliphatic heterocycles. The molecule has 0 radical (unpaired) electrons. The van der Waals surface area contributed by atoms with E-state index in [-0.39, 0.29) is 30.3 Å². The molecule has 2 heterocycles. The van der Waals surface area contributed by atoms with E-state index in [0.717, 1.165) is 11.1 Å². The molecule has 0 amide bonds. The number of aliphatic hydroxyl groups excluding tert-OH is 1. The largest absolute Gasteiger partial charge is 0.491 e. The molecule has 0 spiro atoms. The molecule has 0 aliphatic rings. The lowest BCUT2D eigenvalue weighted by Gasteiger charge is -2.16. The number of rotatable bonds is 9. The van der Waals surface area contributed by atoms with E-state index in [0.29, 0.717) is 10.2 Å². The minimum Gasteiger partial charge on any atom is -0.491 e. The lowest BCUT2D eigenvalue weighted by molar-refractivity contribution is 0.0935. The van der Waals surface area contributed by atoms with Gasteiger partial charge in [0.1, 0.15) is 18.5 Å². The first kappa shape index (κ1) is 25.1. The quantitative estimate of drug-likeness (QED) is 0.216. The molecule has 0 bridgehead atoms. The molecule has 0 fully saturated rings. The first-order valence-electron chi connectivity index (χ1n) is 11.1. The van der Waals surface area contributed by atoms with Crippen molar-refractivity contribution in [2.45, 2.75) is 19.6 Å². The third kappa shape index (κ3) is 5.81. The first-order chi connectivity index (χ1) is 17.3. The van der Waals surface area contributed by atoms with Crippen molar-refractivity contribution in [1.82, 2.24) is 19.1 Å². The van der Waals surface area contributed by atoms with Gasteiger partial charge in [0.2, 0.25) is 5.95 Å². The Balaban J connectivity index is 1.60. The Morgan fingerprint density at radius 2 is 1.94 bits per heavy atom. The number of aryl methyl sites for hydroxylation is 2. The van der Waals surface area contributed by atoms with Crippen LogP contribution in [-0.2, 0) is 13.6 Å². The van der Waals surface area contributed by atoms with Gasteiger partial charge in [-0.15, -0.1) is 0 Å². The van der Waals surface area contributed by atoms with Crippen LogP contribution in [0.25, 0.3) is 17.2 Å². The summed E-state index contributed by atoms with van der Waals surface area (Å²) in [4.78, 5) is 31.4. The van der Waals surface area contributed by atoms with E-state index in [9.17, 15) is 14.7 Å². The van der Waals surface area contributed by atoms with Crippen LogP contribution in [0.5, 0.6) is 5.75 Å². The van der Waals surface area contributed by atoms with Crippen LogP contribution in [0, 0.1) is 6.92 Å². The van der Waals surface area contributed by atoms with Gasteiger partial charge in [-0.3, -0.25) is 14.3 Å². The number of aromatic nitrogens is 4. The standard InChI is InChI=1S/C25H25BrN6O4/c1-16-8-6-7-11-20(16)36-15-19(33)14-32-21-22(31(2)25(35)29-23(21)34)28-24(32)30-27-13-18(26)12-17-9-4-3-5-10-17/h3-13,19,33H,14-15H2,1-2H3,(H,28,30)(H,29,34,35)/b18-12+,27-13-/t19-/m0/s1. The van der Waals surface area contributed by atoms with Gasteiger partial charge < -0.3 is 14.4 Å². The Morgan fingerprint density at radius 3 is 2.69 bits per heavy atom. The number of nitrogens with zero attached hydrogens (tertiary/aromatic N) is 4. The fourth-order valence-electron chi connectivity index (χ4n) is 3.56. The van der Waals surface area contributed by atoms with Crippen molar-refractivity contribution in [2.24, 2.45) is 12.1 Å². The van der Waals surface area contributed by atoms with Crippen LogP contribution in [0.3, 0.4) is 0 Å². The molecular formula is C25H25BrN6O4. The second kappa shape index (κ2) is 11.2. The van der Waals surface area contributed by atoms with Crippen molar-refractivity contribution in [3.05, 3.63) is 91.0 Å². The van der Waals surface area contributed by atoms with Gasteiger partial charge in [-0.2, -0.15) is 10.1 Å². The second-order valence-corrected chi connectivity index (χ2v) is 8.99.